The average molecular weight is 390 g/mol. The van der Waals surface area contributed by atoms with Gasteiger partial charge in [-0.1, -0.05) is 0 Å². The lowest BCUT2D eigenvalue weighted by Crippen LogP contribution is -2.30. The molecule has 0 amide bonds. The van der Waals surface area contributed by atoms with Crippen LogP contribution >= 0.6 is 0 Å². The number of sulfonamides is 1. The van der Waals surface area contributed by atoms with Crippen LogP contribution < -0.4 is 5.14 Å². The Hall–Kier alpha value is -1.86. The van der Waals surface area contributed by atoms with Crippen LogP contribution in [0.15, 0.2) is 12.1 Å². The Labute approximate surface area is 137 Å². The third-order valence-corrected chi connectivity index (χ3v) is 3.90. The van der Waals surface area contributed by atoms with Gasteiger partial charge in [-0.2, -0.15) is 26.3 Å². The number of halogens is 6. The quantitative estimate of drug-likeness (QED) is 0.784. The summed E-state index contributed by atoms with van der Waals surface area (Å²) in [7, 11) is -2.57. The molecule has 13 heteroatoms. The normalized spacial score (nSPS) is 13.8. The molecule has 0 atom stereocenters. The van der Waals surface area contributed by atoms with E-state index in [1.165, 1.54) is 7.05 Å². The van der Waals surface area contributed by atoms with Crippen molar-refractivity contribution in [2.45, 2.75) is 18.9 Å². The summed E-state index contributed by atoms with van der Waals surface area (Å²) in [4.78, 5) is 7.12. The fraction of sp³-hybridized carbons (Fsp3) is 0.417. The summed E-state index contributed by atoms with van der Waals surface area (Å²) in [6.07, 6.45) is -10.0. The molecule has 0 aliphatic heterocycles. The number of imidazole rings is 1. The van der Waals surface area contributed by atoms with E-state index < -0.39 is 50.4 Å². The molecule has 1 aromatic carbocycles. The molecule has 0 unspecified atom stereocenters. The van der Waals surface area contributed by atoms with Crippen molar-refractivity contribution in [3.05, 3.63) is 29.1 Å². The molecule has 6 nitrogen and oxygen atoms in total. The number of aromatic amines is 1. The molecule has 2 aromatic rings. The zero-order valence-electron chi connectivity index (χ0n) is 12.5. The number of aromatic nitrogens is 2. The van der Waals surface area contributed by atoms with Crippen molar-refractivity contribution in [3.8, 4) is 0 Å². The topological polar surface area (TPSA) is 92.1 Å². The van der Waals surface area contributed by atoms with Crippen LogP contribution in [0.25, 0.3) is 11.0 Å². The highest BCUT2D eigenvalue weighted by Crippen LogP contribution is 2.39. The molecule has 0 aliphatic rings. The van der Waals surface area contributed by atoms with E-state index >= 15 is 0 Å². The standard InChI is InChI=1S/C12H12F6N4O2S/c1-22(5-25(19,23)24)4-9-20-8-3-6(11(13,14)15)2-7(10(8)21-9)12(16,17)18/h2-3H,4-5H2,1H3,(H,20,21)(H2,19,23,24). The van der Waals surface area contributed by atoms with E-state index in [9.17, 15) is 34.8 Å². The number of benzene rings is 1. The van der Waals surface area contributed by atoms with Crippen molar-refractivity contribution < 1.29 is 34.8 Å². The molecular formula is C12H12F6N4O2S. The van der Waals surface area contributed by atoms with E-state index in [-0.39, 0.29) is 18.4 Å². The Morgan fingerprint density at radius 3 is 2.24 bits per heavy atom. The molecule has 1 heterocycles. The average Bonchev–Trinajstić information content (AvgIpc) is 2.74. The summed E-state index contributed by atoms with van der Waals surface area (Å²) in [5, 5.41) is 4.84. The van der Waals surface area contributed by atoms with Gasteiger partial charge in [0.2, 0.25) is 10.0 Å². The summed E-state index contributed by atoms with van der Waals surface area (Å²) < 4.78 is 99.5. The second kappa shape index (κ2) is 6.14. The fourth-order valence-corrected chi connectivity index (χ4v) is 2.94. The monoisotopic (exact) mass is 390 g/mol. The van der Waals surface area contributed by atoms with Gasteiger partial charge in [-0.3, -0.25) is 4.90 Å². The molecular weight excluding hydrogens is 378 g/mol. The first-order valence-electron chi connectivity index (χ1n) is 6.53. The lowest BCUT2D eigenvalue weighted by atomic mass is 10.1. The van der Waals surface area contributed by atoms with Gasteiger partial charge < -0.3 is 4.98 Å². The molecule has 0 saturated heterocycles. The van der Waals surface area contributed by atoms with Gasteiger partial charge in [-0.25, -0.2) is 18.5 Å². The third-order valence-electron chi connectivity index (χ3n) is 3.09. The predicted octanol–water partition coefficient (Wildman–Crippen LogP) is 2.28. The zero-order chi connectivity index (χ0) is 19.2. The van der Waals surface area contributed by atoms with Crippen molar-refractivity contribution in [1.82, 2.24) is 14.9 Å². The van der Waals surface area contributed by atoms with E-state index in [1.807, 2.05) is 0 Å². The van der Waals surface area contributed by atoms with Gasteiger partial charge in [0.25, 0.3) is 0 Å². The van der Waals surface area contributed by atoms with E-state index in [1.54, 1.807) is 0 Å². The third kappa shape index (κ3) is 4.83. The van der Waals surface area contributed by atoms with Gasteiger partial charge in [0.1, 0.15) is 11.7 Å². The lowest BCUT2D eigenvalue weighted by Gasteiger charge is -2.13. The minimum absolute atomic E-state index is 0.00164. The van der Waals surface area contributed by atoms with Crippen LogP contribution in [0.4, 0.5) is 26.3 Å². The van der Waals surface area contributed by atoms with Gasteiger partial charge in [0.05, 0.1) is 28.7 Å². The molecule has 2 rings (SSSR count). The largest absolute Gasteiger partial charge is 0.418 e. The van der Waals surface area contributed by atoms with Crippen molar-refractivity contribution in [3.63, 3.8) is 0 Å². The summed E-state index contributed by atoms with van der Waals surface area (Å²) in [6.45, 7) is -0.260. The maximum absolute atomic E-state index is 13.1. The number of hydrogen-bond acceptors (Lipinski definition) is 4. The fourth-order valence-electron chi connectivity index (χ4n) is 2.23. The van der Waals surface area contributed by atoms with Crippen LogP contribution in [0.1, 0.15) is 17.0 Å². The Balaban J connectivity index is 2.51. The molecule has 140 valence electrons. The van der Waals surface area contributed by atoms with E-state index in [0.717, 1.165) is 4.90 Å². The van der Waals surface area contributed by atoms with Gasteiger partial charge in [-0.15, -0.1) is 0 Å². The number of nitrogens with one attached hydrogen (secondary N) is 1. The van der Waals surface area contributed by atoms with Crippen LogP contribution in [-0.2, 0) is 28.9 Å². The van der Waals surface area contributed by atoms with E-state index in [0.29, 0.717) is 6.07 Å². The minimum Gasteiger partial charge on any atom is -0.340 e. The summed E-state index contributed by atoms with van der Waals surface area (Å²) in [6, 6.07) is 0.489. The van der Waals surface area contributed by atoms with Crippen LogP contribution in [0, 0.1) is 0 Å². The molecule has 0 spiro atoms. The summed E-state index contributed by atoms with van der Waals surface area (Å²) in [5.41, 5.74) is -4.13. The number of rotatable bonds is 4. The van der Waals surface area contributed by atoms with Gasteiger partial charge in [0.15, 0.2) is 0 Å². The smallest absolute Gasteiger partial charge is 0.340 e. The number of nitrogens with zero attached hydrogens (tertiary/aromatic N) is 2. The van der Waals surface area contributed by atoms with Crippen LogP contribution in [0.3, 0.4) is 0 Å². The van der Waals surface area contributed by atoms with Gasteiger partial charge >= 0.3 is 12.4 Å². The van der Waals surface area contributed by atoms with Gasteiger partial charge in [-0.05, 0) is 19.2 Å². The lowest BCUT2D eigenvalue weighted by molar-refractivity contribution is -0.142. The van der Waals surface area contributed by atoms with Crippen molar-refractivity contribution >= 4 is 21.1 Å². The Bertz CT molecular complexity index is 887. The number of nitrogens with two attached hydrogens (primary N) is 1. The number of hydrogen-bond donors (Lipinski definition) is 2. The first-order valence-corrected chi connectivity index (χ1v) is 8.24. The van der Waals surface area contributed by atoms with E-state index in [2.05, 4.69) is 9.97 Å². The minimum atomic E-state index is -5.03. The number of fused-ring (bicyclic) bond motifs is 1. The van der Waals surface area contributed by atoms with Crippen molar-refractivity contribution in [2.24, 2.45) is 5.14 Å². The SMILES string of the molecule is CN(Cc1nc2cc(C(F)(F)F)cc(C(F)(F)F)c2[nH]1)CS(N)(=O)=O. The van der Waals surface area contributed by atoms with Crippen LogP contribution in [0.5, 0.6) is 0 Å². The zero-order valence-corrected chi connectivity index (χ0v) is 13.3. The highest BCUT2D eigenvalue weighted by molar-refractivity contribution is 7.89. The highest BCUT2D eigenvalue weighted by atomic mass is 32.2. The molecule has 3 N–H and O–H groups in total. The maximum Gasteiger partial charge on any atom is 0.418 e. The Morgan fingerprint density at radius 2 is 1.76 bits per heavy atom. The molecule has 0 fully saturated rings. The first-order chi connectivity index (χ1) is 11.2. The Morgan fingerprint density at radius 1 is 1.16 bits per heavy atom. The van der Waals surface area contributed by atoms with Crippen LogP contribution in [0.2, 0.25) is 0 Å². The van der Waals surface area contributed by atoms with Crippen molar-refractivity contribution in [1.29, 1.82) is 0 Å². The molecule has 0 radical (unpaired) electrons. The first kappa shape index (κ1) is 19.5. The summed E-state index contributed by atoms with van der Waals surface area (Å²) >= 11 is 0. The molecule has 0 aliphatic carbocycles. The van der Waals surface area contributed by atoms with Crippen LogP contribution in [-0.4, -0.2) is 36.2 Å². The maximum atomic E-state index is 13.1. The molecule has 25 heavy (non-hydrogen) atoms. The number of primary sulfonamides is 1. The molecule has 1 aromatic heterocycles. The predicted molar refractivity (Wildman–Crippen MR) is 75.5 cm³/mol. The van der Waals surface area contributed by atoms with Gasteiger partial charge in [0, 0.05) is 0 Å². The second-order valence-corrected chi connectivity index (χ2v) is 6.99. The van der Waals surface area contributed by atoms with E-state index in [4.69, 9.17) is 5.14 Å². The number of alkyl halides is 6. The molecule has 0 bridgehead atoms. The van der Waals surface area contributed by atoms with Crippen molar-refractivity contribution in [2.75, 3.05) is 12.9 Å². The Kier molecular flexibility index (Phi) is 4.78. The highest BCUT2D eigenvalue weighted by Gasteiger charge is 2.39. The second-order valence-electron chi connectivity index (χ2n) is 5.40. The summed E-state index contributed by atoms with van der Waals surface area (Å²) in [5.74, 6) is -0.741. The molecule has 0 saturated carbocycles. The number of H-pyrrole nitrogens is 1.